The number of carbonyl (C=O) groups excluding carboxylic acids is 1. The van der Waals surface area contributed by atoms with Crippen LogP contribution in [0.2, 0.25) is 0 Å². The molecule has 1 N–H and O–H groups in total. The molecule has 1 amide bonds. The first kappa shape index (κ1) is 13.4. The van der Waals surface area contributed by atoms with Gasteiger partial charge in [-0.3, -0.25) is 0 Å². The van der Waals surface area contributed by atoms with Crippen molar-refractivity contribution in [1.82, 2.24) is 10.2 Å². The van der Waals surface area contributed by atoms with Crippen LogP contribution >= 0.6 is 0 Å². The van der Waals surface area contributed by atoms with Crippen LogP contribution in [0.4, 0.5) is 4.79 Å². The molecule has 3 rings (SSSR count). The van der Waals surface area contributed by atoms with Gasteiger partial charge in [0, 0.05) is 24.7 Å². The molecule has 2 aliphatic heterocycles. The lowest BCUT2D eigenvalue weighted by Crippen LogP contribution is -2.50. The molecule has 0 aromatic heterocycles. The second-order valence-corrected chi connectivity index (χ2v) is 5.73. The number of fused-ring (bicyclic) bond motifs is 2. The molecule has 108 valence electrons. The topological polar surface area (TPSA) is 41.6 Å². The van der Waals surface area contributed by atoms with Crippen molar-refractivity contribution in [2.24, 2.45) is 0 Å². The van der Waals surface area contributed by atoms with Crippen molar-refractivity contribution in [1.29, 1.82) is 0 Å². The van der Waals surface area contributed by atoms with E-state index in [4.69, 9.17) is 4.74 Å². The van der Waals surface area contributed by atoms with Gasteiger partial charge >= 0.3 is 6.09 Å². The zero-order chi connectivity index (χ0) is 13.9. The zero-order valence-electron chi connectivity index (χ0n) is 11.9. The molecule has 0 aliphatic carbocycles. The Balaban J connectivity index is 1.65. The standard InChI is InChI=1S/C16H22N2O2/c1-2-18(14-10-12-8-9-13(11-14)17-12)16(19)20-15-6-4-3-5-7-15/h3-7,12-14,17H,2,8-11H2,1H3. The number of nitrogens with one attached hydrogen (secondary N) is 1. The number of ether oxygens (including phenoxy) is 1. The first-order valence-electron chi connectivity index (χ1n) is 7.56. The molecule has 20 heavy (non-hydrogen) atoms. The lowest BCUT2D eigenvalue weighted by Gasteiger charge is -2.36. The maximum absolute atomic E-state index is 12.4. The molecule has 2 atom stereocenters. The van der Waals surface area contributed by atoms with E-state index < -0.39 is 0 Å². The summed E-state index contributed by atoms with van der Waals surface area (Å²) in [5.41, 5.74) is 0. The van der Waals surface area contributed by atoms with Crippen molar-refractivity contribution in [2.75, 3.05) is 6.54 Å². The van der Waals surface area contributed by atoms with Crippen molar-refractivity contribution in [3.63, 3.8) is 0 Å². The average Bonchev–Trinajstić information content (AvgIpc) is 2.80. The number of carbonyl (C=O) groups is 1. The number of para-hydroxylation sites is 1. The molecule has 2 aliphatic rings. The van der Waals surface area contributed by atoms with Gasteiger partial charge in [0.1, 0.15) is 5.75 Å². The third-order valence-corrected chi connectivity index (χ3v) is 4.41. The quantitative estimate of drug-likeness (QED) is 0.921. The first-order chi connectivity index (χ1) is 9.76. The molecule has 2 bridgehead atoms. The van der Waals surface area contributed by atoms with Crippen LogP contribution in [0.1, 0.15) is 32.6 Å². The third-order valence-electron chi connectivity index (χ3n) is 4.41. The molecule has 4 heteroatoms. The van der Waals surface area contributed by atoms with Crippen molar-refractivity contribution >= 4 is 6.09 Å². The molecule has 4 nitrogen and oxygen atoms in total. The Bertz CT molecular complexity index is 451. The maximum atomic E-state index is 12.4. The SMILES string of the molecule is CCN(C(=O)Oc1ccccc1)C1CC2CCC(C1)N2. The Morgan fingerprint density at radius 2 is 1.90 bits per heavy atom. The molecule has 2 unspecified atom stereocenters. The summed E-state index contributed by atoms with van der Waals surface area (Å²) in [6.45, 7) is 2.73. The van der Waals surface area contributed by atoms with Crippen molar-refractivity contribution < 1.29 is 9.53 Å². The monoisotopic (exact) mass is 274 g/mol. The maximum Gasteiger partial charge on any atom is 0.415 e. The smallest absolute Gasteiger partial charge is 0.410 e. The van der Waals surface area contributed by atoms with Crippen LogP contribution in [0.5, 0.6) is 5.75 Å². The minimum absolute atomic E-state index is 0.218. The molecule has 2 saturated heterocycles. The lowest BCUT2D eigenvalue weighted by atomic mass is 9.98. The fourth-order valence-corrected chi connectivity index (χ4v) is 3.47. The van der Waals surface area contributed by atoms with Gasteiger partial charge in [0.15, 0.2) is 0 Å². The number of hydrogen-bond acceptors (Lipinski definition) is 3. The van der Waals surface area contributed by atoms with Gasteiger partial charge in [-0.1, -0.05) is 18.2 Å². The van der Waals surface area contributed by atoms with E-state index in [2.05, 4.69) is 5.32 Å². The van der Waals surface area contributed by atoms with Gasteiger partial charge in [-0.25, -0.2) is 4.79 Å². The molecule has 2 heterocycles. The highest BCUT2D eigenvalue weighted by atomic mass is 16.6. The minimum atomic E-state index is -0.218. The van der Waals surface area contributed by atoms with Gasteiger partial charge in [0.2, 0.25) is 0 Å². The molecular weight excluding hydrogens is 252 g/mol. The predicted molar refractivity (Wildman–Crippen MR) is 77.8 cm³/mol. The number of amides is 1. The summed E-state index contributed by atoms with van der Waals surface area (Å²) in [5, 5.41) is 3.61. The number of hydrogen-bond donors (Lipinski definition) is 1. The average molecular weight is 274 g/mol. The van der Waals surface area contributed by atoms with E-state index >= 15 is 0 Å². The highest BCUT2D eigenvalue weighted by Gasteiger charge is 2.37. The molecular formula is C16H22N2O2. The van der Waals surface area contributed by atoms with Crippen LogP contribution < -0.4 is 10.1 Å². The van der Waals surface area contributed by atoms with E-state index in [-0.39, 0.29) is 6.09 Å². The summed E-state index contributed by atoms with van der Waals surface area (Å²) < 4.78 is 5.48. The van der Waals surface area contributed by atoms with Crippen LogP contribution in [-0.2, 0) is 0 Å². The Labute approximate surface area is 120 Å². The van der Waals surface area contributed by atoms with E-state index in [1.54, 1.807) is 0 Å². The van der Waals surface area contributed by atoms with E-state index in [0.717, 1.165) is 12.8 Å². The molecule has 0 saturated carbocycles. The van der Waals surface area contributed by atoms with Gasteiger partial charge in [-0.15, -0.1) is 0 Å². The van der Waals surface area contributed by atoms with Crippen molar-refractivity contribution in [3.8, 4) is 5.75 Å². The van der Waals surface area contributed by atoms with Crippen LogP contribution in [0, 0.1) is 0 Å². The van der Waals surface area contributed by atoms with Crippen LogP contribution in [-0.4, -0.2) is 35.7 Å². The van der Waals surface area contributed by atoms with Gasteiger partial charge < -0.3 is 15.0 Å². The number of benzene rings is 1. The molecule has 2 fully saturated rings. The largest absolute Gasteiger partial charge is 0.415 e. The van der Waals surface area contributed by atoms with Gasteiger partial charge in [-0.05, 0) is 44.7 Å². The van der Waals surface area contributed by atoms with Gasteiger partial charge in [0.05, 0.1) is 0 Å². The van der Waals surface area contributed by atoms with Crippen LogP contribution in [0.3, 0.4) is 0 Å². The normalized spacial score (nSPS) is 28.1. The second-order valence-electron chi connectivity index (χ2n) is 5.73. The predicted octanol–water partition coefficient (Wildman–Crippen LogP) is 2.79. The third kappa shape index (κ3) is 2.80. The van der Waals surface area contributed by atoms with Gasteiger partial charge in [-0.2, -0.15) is 0 Å². The zero-order valence-corrected chi connectivity index (χ0v) is 11.9. The van der Waals surface area contributed by atoms with Crippen molar-refractivity contribution in [3.05, 3.63) is 30.3 Å². The highest BCUT2D eigenvalue weighted by Crippen LogP contribution is 2.30. The van der Waals surface area contributed by atoms with E-state index in [1.807, 2.05) is 42.2 Å². The minimum Gasteiger partial charge on any atom is -0.410 e. The number of nitrogens with zero attached hydrogens (tertiary/aromatic N) is 1. The fourth-order valence-electron chi connectivity index (χ4n) is 3.47. The summed E-state index contributed by atoms with van der Waals surface area (Å²) in [6, 6.07) is 10.8. The summed E-state index contributed by atoms with van der Waals surface area (Å²) in [4.78, 5) is 14.2. The van der Waals surface area contributed by atoms with E-state index in [1.165, 1.54) is 12.8 Å². The van der Waals surface area contributed by atoms with E-state index in [9.17, 15) is 4.79 Å². The second kappa shape index (κ2) is 5.83. The Kier molecular flexibility index (Phi) is 3.92. The highest BCUT2D eigenvalue weighted by molar-refractivity contribution is 5.71. The van der Waals surface area contributed by atoms with Crippen molar-refractivity contribution in [2.45, 2.75) is 50.7 Å². The lowest BCUT2D eigenvalue weighted by molar-refractivity contribution is 0.115. The molecule has 1 aromatic rings. The Morgan fingerprint density at radius 1 is 1.25 bits per heavy atom. The Morgan fingerprint density at radius 3 is 2.50 bits per heavy atom. The number of rotatable bonds is 3. The summed E-state index contributed by atoms with van der Waals surface area (Å²) in [6.07, 6.45) is 4.37. The van der Waals surface area contributed by atoms with E-state index in [0.29, 0.717) is 30.4 Å². The summed E-state index contributed by atoms with van der Waals surface area (Å²) >= 11 is 0. The molecule has 0 radical (unpaired) electrons. The fraction of sp³-hybridized carbons (Fsp3) is 0.562. The first-order valence-corrected chi connectivity index (χ1v) is 7.56. The number of piperidine rings is 1. The summed E-state index contributed by atoms with van der Waals surface area (Å²) in [7, 11) is 0. The summed E-state index contributed by atoms with van der Waals surface area (Å²) in [5.74, 6) is 0.618. The van der Waals surface area contributed by atoms with Crippen LogP contribution in [0.25, 0.3) is 0 Å². The molecule has 1 aromatic carbocycles. The van der Waals surface area contributed by atoms with Gasteiger partial charge in [0.25, 0.3) is 0 Å². The Hall–Kier alpha value is -1.55. The van der Waals surface area contributed by atoms with Crippen LogP contribution in [0.15, 0.2) is 30.3 Å². The molecule has 0 spiro atoms.